The van der Waals surface area contributed by atoms with Crippen LogP contribution in [0.15, 0.2) is 12.1 Å². The summed E-state index contributed by atoms with van der Waals surface area (Å²) in [6.07, 6.45) is 0. The van der Waals surface area contributed by atoms with Gasteiger partial charge in [-0.15, -0.1) is 0 Å². The van der Waals surface area contributed by atoms with Crippen LogP contribution in [0.1, 0.15) is 20.7 Å². The predicted octanol–water partition coefficient (Wildman–Crippen LogP) is 2.38. The van der Waals surface area contributed by atoms with Crippen molar-refractivity contribution in [3.63, 3.8) is 0 Å². The predicted molar refractivity (Wildman–Crippen MR) is 52.3 cm³/mol. The van der Waals surface area contributed by atoms with Crippen molar-refractivity contribution in [2.24, 2.45) is 0 Å². The van der Waals surface area contributed by atoms with Crippen molar-refractivity contribution >= 4 is 35.0 Å². The molecule has 0 saturated carbocycles. The van der Waals surface area contributed by atoms with Crippen molar-refractivity contribution < 1.29 is 9.59 Å². The van der Waals surface area contributed by atoms with Crippen LogP contribution in [-0.4, -0.2) is 16.7 Å². The lowest BCUT2D eigenvalue weighted by Crippen LogP contribution is -2.21. The second kappa shape index (κ2) is 2.97. The number of carbonyl (C=O) groups is 2. The maximum atomic E-state index is 11.4. The molecule has 1 heterocycles. The highest BCUT2D eigenvalue weighted by atomic mass is 35.5. The number of benzene rings is 1. The standard InChI is InChI=1S/C9H4Cl2NO2/c1-12-8(13)4-2-6(10)7(11)3-5(4)9(12)14/h2-3H,1H2. The Kier molecular flexibility index (Phi) is 2.01. The minimum absolute atomic E-state index is 0.249. The van der Waals surface area contributed by atoms with Gasteiger partial charge in [-0.2, -0.15) is 0 Å². The summed E-state index contributed by atoms with van der Waals surface area (Å²) in [5.74, 6) is -0.910. The van der Waals surface area contributed by atoms with Crippen LogP contribution in [0, 0.1) is 7.05 Å². The van der Waals surface area contributed by atoms with Crippen molar-refractivity contribution in [2.45, 2.75) is 0 Å². The van der Waals surface area contributed by atoms with Gasteiger partial charge >= 0.3 is 0 Å². The third kappa shape index (κ3) is 1.13. The lowest BCUT2D eigenvalue weighted by atomic mass is 10.1. The van der Waals surface area contributed by atoms with Gasteiger partial charge in [-0.25, -0.2) is 0 Å². The second-order valence-corrected chi connectivity index (χ2v) is 3.66. The number of amides is 2. The third-order valence-electron chi connectivity index (χ3n) is 2.01. The van der Waals surface area contributed by atoms with E-state index in [9.17, 15) is 9.59 Å². The van der Waals surface area contributed by atoms with E-state index in [1.165, 1.54) is 12.1 Å². The van der Waals surface area contributed by atoms with Gasteiger partial charge in [-0.1, -0.05) is 23.2 Å². The molecule has 71 valence electrons. The molecule has 1 aromatic carbocycles. The summed E-state index contributed by atoms with van der Waals surface area (Å²) in [4.78, 5) is 23.6. The molecule has 5 heteroatoms. The number of imide groups is 1. The highest BCUT2D eigenvalue weighted by Crippen LogP contribution is 2.30. The topological polar surface area (TPSA) is 37.4 Å². The zero-order chi connectivity index (χ0) is 10.5. The van der Waals surface area contributed by atoms with Crippen molar-refractivity contribution in [3.8, 4) is 0 Å². The molecule has 1 aliphatic heterocycles. The van der Waals surface area contributed by atoms with Crippen LogP contribution < -0.4 is 0 Å². The molecule has 0 saturated heterocycles. The molecular formula is C9H4Cl2NO2. The summed E-state index contributed by atoms with van der Waals surface area (Å²) in [5, 5.41) is 0.503. The van der Waals surface area contributed by atoms with E-state index in [4.69, 9.17) is 23.2 Å². The Labute approximate surface area is 90.2 Å². The van der Waals surface area contributed by atoms with E-state index in [0.29, 0.717) is 0 Å². The van der Waals surface area contributed by atoms with Crippen LogP contribution >= 0.6 is 23.2 Å². The van der Waals surface area contributed by atoms with E-state index in [1.54, 1.807) is 0 Å². The van der Waals surface area contributed by atoms with Crippen LogP contribution in [0.4, 0.5) is 0 Å². The van der Waals surface area contributed by atoms with E-state index in [2.05, 4.69) is 7.05 Å². The van der Waals surface area contributed by atoms with E-state index >= 15 is 0 Å². The number of hydrogen-bond donors (Lipinski definition) is 0. The maximum Gasteiger partial charge on any atom is 0.261 e. The molecule has 0 spiro atoms. The Morgan fingerprint density at radius 1 is 1.00 bits per heavy atom. The van der Waals surface area contributed by atoms with E-state index in [1.807, 2.05) is 0 Å². The summed E-state index contributed by atoms with van der Waals surface area (Å²) in [6.45, 7) is 0. The second-order valence-electron chi connectivity index (χ2n) is 2.85. The molecule has 3 nitrogen and oxygen atoms in total. The largest absolute Gasteiger partial charge is 0.273 e. The Balaban J connectivity index is 2.71. The first-order chi connectivity index (χ1) is 6.52. The molecule has 0 bridgehead atoms. The molecule has 1 aliphatic rings. The average molecular weight is 229 g/mol. The van der Waals surface area contributed by atoms with Gasteiger partial charge in [0, 0.05) is 7.05 Å². The fraction of sp³-hybridized carbons (Fsp3) is 0. The Bertz CT molecular complexity index is 415. The van der Waals surface area contributed by atoms with Crippen LogP contribution in [-0.2, 0) is 0 Å². The van der Waals surface area contributed by atoms with E-state index < -0.39 is 11.8 Å². The fourth-order valence-electron chi connectivity index (χ4n) is 1.28. The lowest BCUT2D eigenvalue weighted by molar-refractivity contribution is 0.0717. The molecule has 0 unspecified atom stereocenters. The van der Waals surface area contributed by atoms with Gasteiger partial charge < -0.3 is 0 Å². The van der Waals surface area contributed by atoms with Crippen molar-refractivity contribution in [3.05, 3.63) is 40.4 Å². The van der Waals surface area contributed by atoms with Crippen molar-refractivity contribution in [2.75, 3.05) is 0 Å². The first kappa shape index (κ1) is 9.49. The average Bonchev–Trinajstić information content (AvgIpc) is 2.34. The molecule has 0 aromatic heterocycles. The van der Waals surface area contributed by atoms with E-state index in [-0.39, 0.29) is 21.2 Å². The van der Waals surface area contributed by atoms with Crippen LogP contribution in [0.5, 0.6) is 0 Å². The van der Waals surface area contributed by atoms with Crippen LogP contribution in [0.3, 0.4) is 0 Å². The highest BCUT2D eigenvalue weighted by molar-refractivity contribution is 6.43. The van der Waals surface area contributed by atoms with E-state index in [0.717, 1.165) is 4.90 Å². The minimum Gasteiger partial charge on any atom is -0.273 e. The van der Waals surface area contributed by atoms with Gasteiger partial charge in [-0.3, -0.25) is 14.5 Å². The summed E-state index contributed by atoms with van der Waals surface area (Å²) in [7, 11) is 3.32. The third-order valence-corrected chi connectivity index (χ3v) is 2.73. The SMILES string of the molecule is [CH2]N1C(=O)c2cc(Cl)c(Cl)cc2C1=O. The van der Waals surface area contributed by atoms with Crippen molar-refractivity contribution in [1.82, 2.24) is 4.90 Å². The number of carbonyl (C=O) groups excluding carboxylic acids is 2. The summed E-state index contributed by atoms with van der Waals surface area (Å²) in [5.41, 5.74) is 0.499. The Morgan fingerprint density at radius 3 is 1.71 bits per heavy atom. The van der Waals surface area contributed by atoms with Gasteiger partial charge in [0.15, 0.2) is 0 Å². The monoisotopic (exact) mass is 228 g/mol. The molecule has 2 rings (SSSR count). The molecule has 0 aliphatic carbocycles. The Morgan fingerprint density at radius 2 is 1.36 bits per heavy atom. The quantitative estimate of drug-likeness (QED) is 0.640. The normalized spacial score (nSPS) is 14.9. The van der Waals surface area contributed by atoms with Gasteiger partial charge in [0.25, 0.3) is 11.8 Å². The summed E-state index contributed by atoms with van der Waals surface area (Å²) >= 11 is 11.4. The minimum atomic E-state index is -0.455. The van der Waals surface area contributed by atoms with Crippen LogP contribution in [0.2, 0.25) is 10.0 Å². The lowest BCUT2D eigenvalue weighted by Gasteiger charge is -2.01. The number of hydrogen-bond acceptors (Lipinski definition) is 2. The number of halogens is 2. The molecule has 0 atom stereocenters. The number of fused-ring (bicyclic) bond motifs is 1. The maximum absolute atomic E-state index is 11.4. The number of nitrogens with zero attached hydrogens (tertiary/aromatic N) is 1. The molecule has 0 N–H and O–H groups in total. The summed E-state index contributed by atoms with van der Waals surface area (Å²) in [6, 6.07) is 2.76. The summed E-state index contributed by atoms with van der Waals surface area (Å²) < 4.78 is 0. The smallest absolute Gasteiger partial charge is 0.261 e. The molecule has 2 amide bonds. The van der Waals surface area contributed by atoms with Crippen molar-refractivity contribution in [1.29, 1.82) is 0 Å². The zero-order valence-electron chi connectivity index (χ0n) is 6.88. The first-order valence-electron chi connectivity index (χ1n) is 3.70. The van der Waals surface area contributed by atoms with Gasteiger partial charge in [0.2, 0.25) is 0 Å². The molecule has 14 heavy (non-hydrogen) atoms. The molecule has 1 aromatic rings. The van der Waals surface area contributed by atoms with Gasteiger partial charge in [0.1, 0.15) is 0 Å². The zero-order valence-corrected chi connectivity index (χ0v) is 8.39. The molecular weight excluding hydrogens is 225 g/mol. The van der Waals surface area contributed by atoms with Gasteiger partial charge in [-0.05, 0) is 12.1 Å². The van der Waals surface area contributed by atoms with Crippen LogP contribution in [0.25, 0.3) is 0 Å². The molecule has 0 fully saturated rings. The highest BCUT2D eigenvalue weighted by Gasteiger charge is 2.33. The first-order valence-corrected chi connectivity index (χ1v) is 4.46. The number of rotatable bonds is 0. The fourth-order valence-corrected chi connectivity index (χ4v) is 1.61. The van der Waals surface area contributed by atoms with Gasteiger partial charge in [0.05, 0.1) is 21.2 Å². The Hall–Kier alpha value is -1.06. The molecule has 1 radical (unpaired) electrons.